The Kier molecular flexibility index (Phi) is 20.0. The number of nitrogens with one attached hydrogen (secondary N) is 1. The van der Waals surface area contributed by atoms with Gasteiger partial charge in [-0.2, -0.15) is 0 Å². The molecule has 0 aromatic heterocycles. The molecule has 0 aliphatic rings. The van der Waals surface area contributed by atoms with Gasteiger partial charge in [-0.1, -0.05) is 0 Å². The van der Waals surface area contributed by atoms with Gasteiger partial charge in [0.05, 0.1) is 13.2 Å². The first-order chi connectivity index (χ1) is 12.9. The van der Waals surface area contributed by atoms with Crippen molar-refractivity contribution in [3.63, 3.8) is 0 Å². The second kappa shape index (κ2) is 18.3. The summed E-state index contributed by atoms with van der Waals surface area (Å²) >= 11 is 0. The molecule has 161 valence electrons. The molecule has 13 nitrogen and oxygen atoms in total. The molecule has 0 rings (SSSR count). The number of rotatable bonds is 9. The number of hydrogen-bond donors (Lipinski definition) is 6. The molecule has 0 aromatic rings. The Hall–Kier alpha value is -2.06. The number of aliphatic hydroxyl groups excluding tert-OH is 2. The minimum absolute atomic E-state index is 0.00958. The summed E-state index contributed by atoms with van der Waals surface area (Å²) in [4.78, 5) is 39.5. The van der Waals surface area contributed by atoms with Crippen molar-refractivity contribution in [3.8, 4) is 0 Å². The summed E-state index contributed by atoms with van der Waals surface area (Å²) in [5.74, 6) is -2.49. The molecule has 7 N–H and O–H groups in total. The van der Waals surface area contributed by atoms with Crippen LogP contribution in [0.4, 0.5) is 4.79 Å². The van der Waals surface area contributed by atoms with Crippen LogP contribution in [-0.4, -0.2) is 90.5 Å². The second-order valence-corrected chi connectivity index (χ2v) is 5.63. The molecule has 0 unspecified atom stereocenters. The molecule has 0 saturated heterocycles. The molecular weight excluding hydrogens is 382 g/mol. The Balaban J connectivity index is -0.000000375. The van der Waals surface area contributed by atoms with E-state index in [4.69, 9.17) is 30.9 Å². The first-order valence-corrected chi connectivity index (χ1v) is 7.78. The fourth-order valence-electron chi connectivity index (χ4n) is 0.848. The number of ether oxygens (including phenoxy) is 1. The fourth-order valence-corrected chi connectivity index (χ4v) is 0.848. The summed E-state index contributed by atoms with van der Waals surface area (Å²) in [7, 11) is 1.97. The average Bonchev–Trinajstić information content (AvgIpc) is 2.58. The molecule has 0 aliphatic carbocycles. The fraction of sp³-hybridized carbons (Fsp3) is 0.769. The van der Waals surface area contributed by atoms with Crippen molar-refractivity contribution in [2.45, 2.75) is 45.3 Å². The maximum atomic E-state index is 11.0. The standard InChI is InChI=1S/C8H15NO5.C3H7NO3.C2H5B2O3/c1-8(2,3)14-7(13)9-5(4-10)6(11)12;4-2(1-5)3(6)7;1-3-7-6-2-4-5/h5,10H,4H2,1-3H3,(H,9,13)(H,11,12);2,5H,1,4H2,(H,6,7);2H2,1H3/t5-;2-;/m00./s1. The van der Waals surface area contributed by atoms with Crippen LogP contribution in [0.25, 0.3) is 0 Å². The number of carboxylic acid groups (broad SMARTS) is 2. The van der Waals surface area contributed by atoms with E-state index in [1.165, 1.54) is 7.48 Å². The van der Waals surface area contributed by atoms with Gasteiger partial charge in [0.1, 0.15) is 11.6 Å². The van der Waals surface area contributed by atoms with Crippen LogP contribution in [0.5, 0.6) is 0 Å². The third-order valence-corrected chi connectivity index (χ3v) is 1.99. The van der Waals surface area contributed by atoms with Gasteiger partial charge in [0.25, 0.3) is 0 Å². The predicted octanol–water partition coefficient (Wildman–Crippen LogP) is -2.04. The van der Waals surface area contributed by atoms with E-state index in [2.05, 4.69) is 9.69 Å². The molecule has 0 aliphatic heterocycles. The number of carboxylic acids is 2. The maximum Gasteiger partial charge on any atom is 0.322 e. The monoisotopic (exact) mass is 409 g/mol. The molecule has 0 saturated carbocycles. The van der Waals surface area contributed by atoms with Crippen LogP contribution in [0.1, 0.15) is 20.8 Å². The minimum atomic E-state index is -1.33. The molecule has 0 heterocycles. The summed E-state index contributed by atoms with van der Waals surface area (Å²) in [6.07, 6.45) is -0.862. The number of aliphatic hydroxyl groups is 2. The molecular formula is C13H27B2N2O11. The van der Waals surface area contributed by atoms with Crippen LogP contribution in [0.2, 0.25) is 6.82 Å². The van der Waals surface area contributed by atoms with Crippen LogP contribution in [-0.2, 0) is 28.7 Å². The Bertz CT molecular complexity index is 460. The summed E-state index contributed by atoms with van der Waals surface area (Å²) in [5.41, 5.74) is 4.07. The summed E-state index contributed by atoms with van der Waals surface area (Å²) in [6.45, 7) is 5.43. The van der Waals surface area contributed by atoms with Gasteiger partial charge in [0.15, 0.2) is 6.04 Å². The van der Waals surface area contributed by atoms with E-state index in [0.717, 1.165) is 0 Å². The van der Waals surface area contributed by atoms with Crippen LogP contribution in [0.15, 0.2) is 0 Å². The van der Waals surface area contributed by atoms with Crippen molar-refractivity contribution < 1.29 is 53.9 Å². The van der Waals surface area contributed by atoms with Gasteiger partial charge in [0.2, 0.25) is 0 Å². The van der Waals surface area contributed by atoms with Crippen LogP contribution >= 0.6 is 0 Å². The number of nitrogens with two attached hydrogens (primary N) is 1. The Morgan fingerprint density at radius 3 is 1.89 bits per heavy atom. The van der Waals surface area contributed by atoms with Crippen molar-refractivity contribution in [2.75, 3.05) is 19.7 Å². The SMILES string of the molecule is CC(C)(C)OC(=O)N[C@@H](CO)C(=O)O.C[B]OOCB=O.N[C@@H](CO)C(=O)O. The number of amides is 1. The van der Waals surface area contributed by atoms with Gasteiger partial charge >= 0.3 is 60.4 Å². The number of aliphatic carboxylic acids is 2. The van der Waals surface area contributed by atoms with Gasteiger partial charge in [-0.3, -0.25) is 4.79 Å². The quantitative estimate of drug-likeness (QED) is 0.105. The zero-order valence-corrected chi connectivity index (χ0v) is 16.2. The second-order valence-electron chi connectivity index (χ2n) is 5.63. The van der Waals surface area contributed by atoms with E-state index >= 15 is 0 Å². The number of carbonyl (C=O) groups excluding carboxylic acids is 1. The number of hydrogen-bond acceptors (Lipinski definition) is 10. The molecule has 15 heteroatoms. The molecule has 1 amide bonds. The van der Waals surface area contributed by atoms with Gasteiger partial charge < -0.3 is 36.2 Å². The summed E-state index contributed by atoms with van der Waals surface area (Å²) in [6, 6.07) is -2.45. The minimum Gasteiger partial charge on any atom is -0.480 e. The van der Waals surface area contributed by atoms with E-state index in [1.807, 2.05) is 5.32 Å². The van der Waals surface area contributed by atoms with Crippen molar-refractivity contribution in [2.24, 2.45) is 5.73 Å². The van der Waals surface area contributed by atoms with Gasteiger partial charge in [-0.25, -0.2) is 9.59 Å². The summed E-state index contributed by atoms with van der Waals surface area (Å²) < 4.78 is 14.3. The first kappa shape index (κ1) is 30.7. The molecule has 28 heavy (non-hydrogen) atoms. The Morgan fingerprint density at radius 2 is 1.64 bits per heavy atom. The smallest absolute Gasteiger partial charge is 0.322 e. The molecule has 0 fully saturated rings. The predicted molar refractivity (Wildman–Crippen MR) is 95.7 cm³/mol. The van der Waals surface area contributed by atoms with Gasteiger partial charge in [-0.15, -0.1) is 0 Å². The van der Waals surface area contributed by atoms with E-state index < -0.39 is 48.9 Å². The Labute approximate surface area is 163 Å². The molecule has 2 atom stereocenters. The van der Waals surface area contributed by atoms with Gasteiger partial charge in [0, 0.05) is 0 Å². The van der Waals surface area contributed by atoms with E-state index in [9.17, 15) is 19.1 Å². The molecule has 0 spiro atoms. The third kappa shape index (κ3) is 23.9. The van der Waals surface area contributed by atoms with Crippen LogP contribution < -0.4 is 11.1 Å². The molecule has 0 bridgehead atoms. The zero-order chi connectivity index (χ0) is 22.8. The van der Waals surface area contributed by atoms with Crippen molar-refractivity contribution >= 4 is 32.7 Å². The van der Waals surface area contributed by atoms with Crippen molar-refractivity contribution in [3.05, 3.63) is 0 Å². The number of alkyl carbamates (subject to hydrolysis) is 1. The van der Waals surface area contributed by atoms with Gasteiger partial charge in [-0.05, 0) is 20.8 Å². The average molecular weight is 409 g/mol. The topological polar surface area (TPSA) is 215 Å². The Morgan fingerprint density at radius 1 is 1.11 bits per heavy atom. The molecule has 1 radical (unpaired) electrons. The van der Waals surface area contributed by atoms with E-state index in [1.54, 1.807) is 27.6 Å². The molecule has 0 aromatic carbocycles. The van der Waals surface area contributed by atoms with E-state index in [0.29, 0.717) is 7.15 Å². The number of carbonyl (C=O) groups is 3. The third-order valence-electron chi connectivity index (χ3n) is 1.99. The summed E-state index contributed by atoms with van der Waals surface area (Å²) in [5, 5.41) is 35.0. The van der Waals surface area contributed by atoms with Crippen LogP contribution in [0.3, 0.4) is 0 Å². The van der Waals surface area contributed by atoms with Crippen molar-refractivity contribution in [1.29, 1.82) is 0 Å². The normalized spacial score (nSPS) is 11.8. The van der Waals surface area contributed by atoms with Crippen molar-refractivity contribution in [1.82, 2.24) is 5.32 Å². The zero-order valence-electron chi connectivity index (χ0n) is 16.2. The van der Waals surface area contributed by atoms with E-state index in [-0.39, 0.29) is 6.51 Å². The maximum absolute atomic E-state index is 11.0. The largest absolute Gasteiger partial charge is 0.480 e. The first-order valence-electron chi connectivity index (χ1n) is 7.78. The van der Waals surface area contributed by atoms with Crippen LogP contribution in [0, 0.1) is 0 Å².